The van der Waals surface area contributed by atoms with Gasteiger partial charge in [-0.25, -0.2) is 0 Å². The first-order valence-corrected chi connectivity index (χ1v) is 11.6. The molecule has 1 aliphatic heterocycles. The number of fused-ring (bicyclic) bond motifs is 1. The lowest BCUT2D eigenvalue weighted by Crippen LogP contribution is -2.41. The zero-order valence-electron chi connectivity index (χ0n) is 18.2. The van der Waals surface area contributed by atoms with E-state index in [-0.39, 0.29) is 11.8 Å². The number of morpholine rings is 1. The summed E-state index contributed by atoms with van der Waals surface area (Å²) in [5.41, 5.74) is 3.98. The lowest BCUT2D eigenvalue weighted by molar-refractivity contribution is 0.0303. The lowest BCUT2D eigenvalue weighted by atomic mass is 9.88. The highest BCUT2D eigenvalue weighted by Gasteiger charge is 2.32. The number of nitrogens with one attached hydrogen (secondary N) is 1. The van der Waals surface area contributed by atoms with Crippen LogP contribution in [0, 0.1) is 19.8 Å². The van der Waals surface area contributed by atoms with Crippen LogP contribution in [-0.4, -0.2) is 52.8 Å². The number of carbonyl (C=O) groups excluding carboxylic acids is 2. The molecule has 2 aromatic heterocycles. The second-order valence-electron chi connectivity index (χ2n) is 8.28. The zero-order chi connectivity index (χ0) is 21.4. The molecule has 30 heavy (non-hydrogen) atoms. The van der Waals surface area contributed by atoms with Gasteiger partial charge in [0.15, 0.2) is 0 Å². The first kappa shape index (κ1) is 21.1. The Bertz CT molecular complexity index is 972. The number of aryl methyl sites for hydroxylation is 2. The molecule has 0 radical (unpaired) electrons. The van der Waals surface area contributed by atoms with Gasteiger partial charge in [0, 0.05) is 30.2 Å². The topological polar surface area (TPSA) is 76.5 Å². The van der Waals surface area contributed by atoms with Crippen molar-refractivity contribution in [2.24, 2.45) is 5.92 Å². The van der Waals surface area contributed by atoms with Crippen LogP contribution in [0.4, 0.5) is 5.00 Å². The normalized spacial score (nSPS) is 18.9. The van der Waals surface area contributed by atoms with Crippen LogP contribution in [0.3, 0.4) is 0 Å². The molecule has 0 spiro atoms. The maximum Gasteiger partial charge on any atom is 0.260 e. The minimum Gasteiger partial charge on any atom is -0.378 e. The summed E-state index contributed by atoms with van der Waals surface area (Å²) in [5.74, 6) is 0.420. The van der Waals surface area contributed by atoms with Crippen LogP contribution in [0.25, 0.3) is 0 Å². The summed E-state index contributed by atoms with van der Waals surface area (Å²) in [5, 5.41) is 8.23. The molecule has 8 heteroatoms. The Morgan fingerprint density at radius 1 is 1.23 bits per heavy atom. The number of thiophene rings is 1. The molecule has 4 rings (SSSR count). The largest absolute Gasteiger partial charge is 0.378 e. The van der Waals surface area contributed by atoms with E-state index in [0.29, 0.717) is 60.6 Å². The van der Waals surface area contributed by atoms with E-state index < -0.39 is 0 Å². The summed E-state index contributed by atoms with van der Waals surface area (Å²) in [6, 6.07) is 0. The fourth-order valence-electron chi connectivity index (χ4n) is 4.49. The van der Waals surface area contributed by atoms with Crippen molar-refractivity contribution in [2.45, 2.75) is 53.5 Å². The Labute approximate surface area is 181 Å². The SMILES string of the molecule is CCn1nc(C)c(C(=O)Nc2sc3c(c2C(=O)N2CCOCC2)CC[C@@H](C)C3)c1C. The molecule has 2 amide bonds. The van der Waals surface area contributed by atoms with Gasteiger partial charge in [-0.15, -0.1) is 11.3 Å². The predicted molar refractivity (Wildman–Crippen MR) is 118 cm³/mol. The molecule has 162 valence electrons. The molecule has 1 saturated heterocycles. The van der Waals surface area contributed by atoms with Crippen molar-refractivity contribution in [1.29, 1.82) is 0 Å². The first-order valence-electron chi connectivity index (χ1n) is 10.8. The van der Waals surface area contributed by atoms with E-state index in [1.165, 1.54) is 4.88 Å². The number of hydrogen-bond acceptors (Lipinski definition) is 5. The van der Waals surface area contributed by atoms with Crippen LogP contribution in [0.15, 0.2) is 0 Å². The molecule has 1 aliphatic carbocycles. The van der Waals surface area contributed by atoms with Crippen LogP contribution in [-0.2, 0) is 24.1 Å². The number of anilines is 1. The second kappa shape index (κ2) is 8.51. The molecule has 3 heterocycles. The molecule has 0 unspecified atom stereocenters. The van der Waals surface area contributed by atoms with Crippen molar-refractivity contribution >= 4 is 28.2 Å². The monoisotopic (exact) mass is 430 g/mol. The number of rotatable bonds is 4. The summed E-state index contributed by atoms with van der Waals surface area (Å²) >= 11 is 1.57. The predicted octanol–water partition coefficient (Wildman–Crippen LogP) is 3.43. The van der Waals surface area contributed by atoms with Gasteiger partial charge in [0.05, 0.1) is 30.0 Å². The highest BCUT2D eigenvalue weighted by Crippen LogP contribution is 2.40. The van der Waals surface area contributed by atoms with Crippen LogP contribution in [0.5, 0.6) is 0 Å². The van der Waals surface area contributed by atoms with Crippen LogP contribution in [0.1, 0.15) is 62.8 Å². The third kappa shape index (κ3) is 3.78. The first-order chi connectivity index (χ1) is 14.4. The quantitative estimate of drug-likeness (QED) is 0.806. The third-order valence-corrected chi connectivity index (χ3v) is 7.33. The smallest absolute Gasteiger partial charge is 0.260 e. The van der Waals surface area contributed by atoms with Gasteiger partial charge in [-0.1, -0.05) is 6.92 Å². The standard InChI is InChI=1S/C22H30N4O3S/c1-5-26-15(4)18(14(3)24-26)20(27)23-21-19(22(28)25-8-10-29-11-9-25)16-7-6-13(2)12-17(16)30-21/h13H,5-12H2,1-4H3,(H,23,27)/t13-/m1/s1. The van der Waals surface area contributed by atoms with Gasteiger partial charge in [-0.05, 0) is 51.5 Å². The number of amides is 2. The molecule has 2 aromatic rings. The van der Waals surface area contributed by atoms with Gasteiger partial charge in [0.25, 0.3) is 11.8 Å². The lowest BCUT2D eigenvalue weighted by Gasteiger charge is -2.28. The Morgan fingerprint density at radius 2 is 1.97 bits per heavy atom. The highest BCUT2D eigenvalue weighted by atomic mass is 32.1. The van der Waals surface area contributed by atoms with Crippen LogP contribution >= 0.6 is 11.3 Å². The van der Waals surface area contributed by atoms with Crippen molar-refractivity contribution in [3.05, 3.63) is 33.0 Å². The maximum atomic E-state index is 13.4. The molecule has 1 fully saturated rings. The van der Waals surface area contributed by atoms with E-state index in [2.05, 4.69) is 17.3 Å². The Hall–Kier alpha value is -2.19. The van der Waals surface area contributed by atoms with Gasteiger partial charge >= 0.3 is 0 Å². The Balaban J connectivity index is 1.69. The van der Waals surface area contributed by atoms with Gasteiger partial charge < -0.3 is 15.0 Å². The van der Waals surface area contributed by atoms with Crippen molar-refractivity contribution < 1.29 is 14.3 Å². The molecule has 0 aromatic carbocycles. The van der Waals surface area contributed by atoms with E-state index in [9.17, 15) is 9.59 Å². The fraction of sp³-hybridized carbons (Fsp3) is 0.591. The highest BCUT2D eigenvalue weighted by molar-refractivity contribution is 7.17. The van der Waals surface area contributed by atoms with Gasteiger partial charge in [0.1, 0.15) is 5.00 Å². The van der Waals surface area contributed by atoms with Gasteiger partial charge in [-0.3, -0.25) is 14.3 Å². The van der Waals surface area contributed by atoms with E-state index in [1.54, 1.807) is 11.3 Å². The van der Waals surface area contributed by atoms with E-state index in [1.807, 2.05) is 30.4 Å². The molecule has 2 aliphatic rings. The number of nitrogens with zero attached hydrogens (tertiary/aromatic N) is 3. The van der Waals surface area contributed by atoms with Crippen molar-refractivity contribution in [3.8, 4) is 0 Å². The van der Waals surface area contributed by atoms with E-state index in [4.69, 9.17) is 4.74 Å². The Kier molecular flexibility index (Phi) is 5.97. The molecular formula is C22H30N4O3S. The number of ether oxygens (including phenoxy) is 1. The van der Waals surface area contributed by atoms with Gasteiger partial charge in [0.2, 0.25) is 0 Å². The molecule has 0 bridgehead atoms. The Morgan fingerprint density at radius 3 is 2.63 bits per heavy atom. The average Bonchev–Trinajstić information content (AvgIpc) is 3.23. The number of aromatic nitrogens is 2. The van der Waals surface area contributed by atoms with Crippen molar-refractivity contribution in [2.75, 3.05) is 31.6 Å². The minimum absolute atomic E-state index is 0.0124. The molecule has 1 atom stereocenters. The van der Waals surface area contributed by atoms with Crippen LogP contribution < -0.4 is 5.32 Å². The van der Waals surface area contributed by atoms with E-state index >= 15 is 0 Å². The summed E-state index contributed by atoms with van der Waals surface area (Å²) < 4.78 is 7.25. The molecular weight excluding hydrogens is 400 g/mol. The molecule has 0 saturated carbocycles. The zero-order valence-corrected chi connectivity index (χ0v) is 19.0. The van der Waals surface area contributed by atoms with E-state index in [0.717, 1.165) is 30.5 Å². The fourth-order valence-corrected chi connectivity index (χ4v) is 5.89. The summed E-state index contributed by atoms with van der Waals surface area (Å²) in [6.45, 7) is 11.0. The summed E-state index contributed by atoms with van der Waals surface area (Å²) in [4.78, 5) is 29.7. The van der Waals surface area contributed by atoms with Crippen LogP contribution in [0.2, 0.25) is 0 Å². The average molecular weight is 431 g/mol. The minimum atomic E-state index is -0.188. The number of hydrogen-bond donors (Lipinski definition) is 1. The maximum absolute atomic E-state index is 13.4. The number of carbonyl (C=O) groups is 2. The third-order valence-electron chi connectivity index (χ3n) is 6.16. The second-order valence-corrected chi connectivity index (χ2v) is 9.38. The summed E-state index contributed by atoms with van der Waals surface area (Å²) in [6.07, 6.45) is 2.92. The van der Waals surface area contributed by atoms with Crippen molar-refractivity contribution in [1.82, 2.24) is 14.7 Å². The van der Waals surface area contributed by atoms with Gasteiger partial charge in [-0.2, -0.15) is 5.10 Å². The molecule has 7 nitrogen and oxygen atoms in total. The van der Waals surface area contributed by atoms with Crippen molar-refractivity contribution in [3.63, 3.8) is 0 Å². The summed E-state index contributed by atoms with van der Waals surface area (Å²) in [7, 11) is 0. The molecule has 1 N–H and O–H groups in total.